The fourth-order valence-corrected chi connectivity index (χ4v) is 2.06. The summed E-state index contributed by atoms with van der Waals surface area (Å²) in [5, 5.41) is 3.35. The fraction of sp³-hybridized carbons (Fsp3) is 1.00. The molecule has 0 spiro atoms. The summed E-state index contributed by atoms with van der Waals surface area (Å²) in [5.74, 6) is 0. The van der Waals surface area contributed by atoms with Gasteiger partial charge in [-0.3, -0.25) is 0 Å². The highest BCUT2D eigenvalue weighted by Crippen LogP contribution is 2.31. The molecule has 1 saturated carbocycles. The lowest BCUT2D eigenvalue weighted by atomic mass is 10.0. The standard InChI is InChI=1S/C9H19NS/c1-9(11)6-3-4-8(10-2)5-7-9/h8,10-11H,3-7H2,1-2H3. The minimum atomic E-state index is 0.297. The molecule has 11 heavy (non-hydrogen) atoms. The Kier molecular flexibility index (Phi) is 3.26. The van der Waals surface area contributed by atoms with Gasteiger partial charge in [0.05, 0.1) is 0 Å². The summed E-state index contributed by atoms with van der Waals surface area (Å²) in [6, 6.07) is 0.740. The zero-order chi connectivity index (χ0) is 8.32. The quantitative estimate of drug-likeness (QED) is 0.458. The van der Waals surface area contributed by atoms with E-state index in [4.69, 9.17) is 0 Å². The topological polar surface area (TPSA) is 12.0 Å². The van der Waals surface area contributed by atoms with Crippen molar-refractivity contribution >= 4 is 12.6 Å². The Labute approximate surface area is 75.4 Å². The third-order valence-electron chi connectivity index (χ3n) is 2.71. The van der Waals surface area contributed by atoms with Gasteiger partial charge in [-0.25, -0.2) is 0 Å². The van der Waals surface area contributed by atoms with E-state index in [1.807, 2.05) is 0 Å². The normalized spacial score (nSPS) is 40.1. The van der Waals surface area contributed by atoms with Gasteiger partial charge in [0.15, 0.2) is 0 Å². The molecule has 0 aromatic carbocycles. The lowest BCUT2D eigenvalue weighted by Gasteiger charge is -2.20. The van der Waals surface area contributed by atoms with Gasteiger partial charge >= 0.3 is 0 Å². The Balaban J connectivity index is 2.39. The molecule has 1 aliphatic rings. The lowest BCUT2D eigenvalue weighted by Crippen LogP contribution is -2.24. The van der Waals surface area contributed by atoms with Crippen LogP contribution in [0, 0.1) is 0 Å². The first-order chi connectivity index (χ1) is 5.14. The number of hydrogen-bond donors (Lipinski definition) is 2. The van der Waals surface area contributed by atoms with Crippen LogP contribution >= 0.6 is 12.6 Å². The first-order valence-corrected chi connectivity index (χ1v) is 4.98. The van der Waals surface area contributed by atoms with Crippen molar-refractivity contribution in [3.05, 3.63) is 0 Å². The fourth-order valence-electron chi connectivity index (χ4n) is 1.77. The van der Waals surface area contributed by atoms with Gasteiger partial charge in [-0.2, -0.15) is 12.6 Å². The van der Waals surface area contributed by atoms with Crippen LogP contribution in [-0.4, -0.2) is 17.8 Å². The van der Waals surface area contributed by atoms with E-state index in [-0.39, 0.29) is 0 Å². The second kappa shape index (κ2) is 3.81. The molecule has 0 radical (unpaired) electrons. The summed E-state index contributed by atoms with van der Waals surface area (Å²) < 4.78 is 0.297. The maximum Gasteiger partial charge on any atom is 0.0102 e. The summed E-state index contributed by atoms with van der Waals surface area (Å²) in [4.78, 5) is 0. The van der Waals surface area contributed by atoms with Gasteiger partial charge in [0.25, 0.3) is 0 Å². The van der Waals surface area contributed by atoms with E-state index < -0.39 is 0 Å². The number of nitrogens with one attached hydrogen (secondary N) is 1. The Hall–Kier alpha value is 0.310. The highest BCUT2D eigenvalue weighted by molar-refractivity contribution is 7.81. The predicted octanol–water partition coefficient (Wildman–Crippen LogP) is 2.23. The van der Waals surface area contributed by atoms with Crippen molar-refractivity contribution in [3.8, 4) is 0 Å². The molecule has 0 aromatic rings. The molecule has 1 N–H and O–H groups in total. The molecule has 0 amide bonds. The highest BCUT2D eigenvalue weighted by atomic mass is 32.1. The predicted molar refractivity (Wildman–Crippen MR) is 53.3 cm³/mol. The van der Waals surface area contributed by atoms with Crippen LogP contribution < -0.4 is 5.32 Å². The van der Waals surface area contributed by atoms with Crippen LogP contribution in [0.3, 0.4) is 0 Å². The van der Waals surface area contributed by atoms with E-state index in [0.717, 1.165) is 6.04 Å². The zero-order valence-corrected chi connectivity index (χ0v) is 8.45. The van der Waals surface area contributed by atoms with Crippen LogP contribution in [-0.2, 0) is 0 Å². The van der Waals surface area contributed by atoms with Gasteiger partial charge in [-0.1, -0.05) is 13.3 Å². The second-order valence-electron chi connectivity index (χ2n) is 3.91. The van der Waals surface area contributed by atoms with Crippen LogP contribution in [0.5, 0.6) is 0 Å². The van der Waals surface area contributed by atoms with E-state index >= 15 is 0 Å². The molecular formula is C9H19NS. The molecule has 0 saturated heterocycles. The molecule has 1 nitrogen and oxygen atoms in total. The van der Waals surface area contributed by atoms with Crippen molar-refractivity contribution in [3.63, 3.8) is 0 Å². The van der Waals surface area contributed by atoms with Crippen molar-refractivity contribution in [1.82, 2.24) is 5.32 Å². The largest absolute Gasteiger partial charge is 0.317 e. The smallest absolute Gasteiger partial charge is 0.0102 e. The van der Waals surface area contributed by atoms with Gasteiger partial charge in [0, 0.05) is 10.8 Å². The Morgan fingerprint density at radius 1 is 1.36 bits per heavy atom. The van der Waals surface area contributed by atoms with Gasteiger partial charge in [-0.15, -0.1) is 0 Å². The molecule has 1 fully saturated rings. The summed E-state index contributed by atoms with van der Waals surface area (Å²) in [6.07, 6.45) is 6.46. The van der Waals surface area contributed by atoms with E-state index in [9.17, 15) is 0 Å². The third-order valence-corrected chi connectivity index (χ3v) is 3.15. The Bertz CT molecular complexity index is 123. The number of thiol groups is 1. The summed E-state index contributed by atoms with van der Waals surface area (Å²) in [5.41, 5.74) is 0. The zero-order valence-electron chi connectivity index (χ0n) is 7.56. The monoisotopic (exact) mass is 173 g/mol. The van der Waals surface area contributed by atoms with Crippen LogP contribution in [0.25, 0.3) is 0 Å². The van der Waals surface area contributed by atoms with Crippen molar-refractivity contribution in [1.29, 1.82) is 0 Å². The minimum absolute atomic E-state index is 0.297. The van der Waals surface area contributed by atoms with E-state index in [1.165, 1.54) is 32.1 Å². The maximum absolute atomic E-state index is 4.64. The van der Waals surface area contributed by atoms with Crippen LogP contribution in [0.2, 0.25) is 0 Å². The SMILES string of the molecule is CNC1CCCC(C)(S)CC1. The van der Waals surface area contributed by atoms with Crippen LogP contribution in [0.4, 0.5) is 0 Å². The summed E-state index contributed by atoms with van der Waals surface area (Å²) >= 11 is 4.64. The molecule has 0 heterocycles. The molecule has 2 atom stereocenters. The van der Waals surface area contributed by atoms with E-state index in [0.29, 0.717) is 4.75 Å². The molecule has 1 rings (SSSR count). The average molecular weight is 173 g/mol. The van der Waals surface area contributed by atoms with Crippen molar-refractivity contribution in [2.24, 2.45) is 0 Å². The first-order valence-electron chi connectivity index (χ1n) is 4.54. The molecular weight excluding hydrogens is 154 g/mol. The maximum atomic E-state index is 4.64. The molecule has 66 valence electrons. The van der Waals surface area contributed by atoms with Crippen LogP contribution in [0.1, 0.15) is 39.0 Å². The Morgan fingerprint density at radius 2 is 2.09 bits per heavy atom. The van der Waals surface area contributed by atoms with Gasteiger partial charge in [-0.05, 0) is 32.7 Å². The average Bonchev–Trinajstić information content (AvgIpc) is 2.10. The van der Waals surface area contributed by atoms with Crippen molar-refractivity contribution in [2.75, 3.05) is 7.05 Å². The molecule has 2 unspecified atom stereocenters. The molecule has 0 aliphatic heterocycles. The number of hydrogen-bond acceptors (Lipinski definition) is 2. The molecule has 1 aliphatic carbocycles. The highest BCUT2D eigenvalue weighted by Gasteiger charge is 2.23. The lowest BCUT2D eigenvalue weighted by molar-refractivity contribution is 0.491. The van der Waals surface area contributed by atoms with Gasteiger partial charge in [0.1, 0.15) is 0 Å². The summed E-state index contributed by atoms with van der Waals surface area (Å²) in [6.45, 7) is 2.26. The van der Waals surface area contributed by atoms with Crippen LogP contribution in [0.15, 0.2) is 0 Å². The van der Waals surface area contributed by atoms with Gasteiger partial charge < -0.3 is 5.32 Å². The van der Waals surface area contributed by atoms with Gasteiger partial charge in [0.2, 0.25) is 0 Å². The third kappa shape index (κ3) is 3.04. The Morgan fingerprint density at radius 3 is 2.73 bits per heavy atom. The molecule has 2 heteroatoms. The molecule has 0 aromatic heterocycles. The first kappa shape index (κ1) is 9.40. The second-order valence-corrected chi connectivity index (χ2v) is 4.99. The summed E-state index contributed by atoms with van der Waals surface area (Å²) in [7, 11) is 2.06. The number of rotatable bonds is 1. The minimum Gasteiger partial charge on any atom is -0.317 e. The van der Waals surface area contributed by atoms with Crippen molar-refractivity contribution in [2.45, 2.75) is 49.8 Å². The molecule has 0 bridgehead atoms. The van der Waals surface area contributed by atoms with E-state index in [2.05, 4.69) is 31.9 Å². The van der Waals surface area contributed by atoms with Crippen molar-refractivity contribution < 1.29 is 0 Å². The van der Waals surface area contributed by atoms with E-state index in [1.54, 1.807) is 0 Å².